The summed E-state index contributed by atoms with van der Waals surface area (Å²) >= 11 is 6.25. The molecule has 0 radical (unpaired) electrons. The van der Waals surface area contributed by atoms with Gasteiger partial charge in [0.2, 0.25) is 0 Å². The van der Waals surface area contributed by atoms with Crippen LogP contribution in [0.2, 0.25) is 5.02 Å². The van der Waals surface area contributed by atoms with E-state index in [1.807, 2.05) is 67.0 Å². The minimum Gasteiger partial charge on any atom is -0.490 e. The van der Waals surface area contributed by atoms with Crippen LogP contribution in [-0.4, -0.2) is 38.6 Å². The topological polar surface area (TPSA) is 99.7 Å². The number of imidazole rings is 1. The highest BCUT2D eigenvalue weighted by atomic mass is 35.5. The van der Waals surface area contributed by atoms with E-state index in [1.54, 1.807) is 19.1 Å². The second kappa shape index (κ2) is 11.5. The van der Waals surface area contributed by atoms with Gasteiger partial charge in [0, 0.05) is 29.6 Å². The molecule has 0 aliphatic carbocycles. The molecule has 4 aromatic rings. The Hall–Kier alpha value is -3.86. The van der Waals surface area contributed by atoms with E-state index in [0.717, 1.165) is 16.8 Å². The van der Waals surface area contributed by atoms with E-state index >= 15 is 0 Å². The van der Waals surface area contributed by atoms with Gasteiger partial charge in [0.05, 0.1) is 28.5 Å². The van der Waals surface area contributed by atoms with Crippen molar-refractivity contribution in [3.8, 4) is 23.1 Å². The van der Waals surface area contributed by atoms with Gasteiger partial charge in [0.25, 0.3) is 5.91 Å². The molecule has 2 unspecified atom stereocenters. The molecular formula is C29H29ClN4O3. The average Bonchev–Trinajstić information content (AvgIpc) is 3.30. The molecule has 4 rings (SSSR count). The molecule has 0 aliphatic heterocycles. The van der Waals surface area contributed by atoms with Gasteiger partial charge in [-0.15, -0.1) is 0 Å². The molecule has 0 spiro atoms. The fourth-order valence-corrected chi connectivity index (χ4v) is 4.42. The fourth-order valence-electron chi connectivity index (χ4n) is 4.20. The zero-order valence-corrected chi connectivity index (χ0v) is 21.7. The standard InChI is InChI=1S/C29H29ClN4O3/c1-18(2)37-27-11-10-22(15-23(27)16-31)29(36)32-24(13-19(3)35)14-20-6-8-21(9-7-20)26-17-34-12-4-5-25(30)28(34)33-26/h4-12,15,17-19,24,35H,13-14H2,1-3H3,(H,32,36). The summed E-state index contributed by atoms with van der Waals surface area (Å²) in [6.07, 6.45) is 4.08. The number of benzene rings is 2. The van der Waals surface area contributed by atoms with Crippen molar-refractivity contribution < 1.29 is 14.6 Å². The van der Waals surface area contributed by atoms with Crippen molar-refractivity contribution in [2.45, 2.75) is 51.9 Å². The Morgan fingerprint density at radius 1 is 1.19 bits per heavy atom. The number of pyridine rings is 1. The van der Waals surface area contributed by atoms with E-state index in [2.05, 4.69) is 16.4 Å². The highest BCUT2D eigenvalue weighted by Gasteiger charge is 2.18. The molecular weight excluding hydrogens is 488 g/mol. The molecule has 1 amide bonds. The van der Waals surface area contributed by atoms with Crippen LogP contribution in [0.3, 0.4) is 0 Å². The predicted octanol–water partition coefficient (Wildman–Crippen LogP) is 5.43. The van der Waals surface area contributed by atoms with Gasteiger partial charge >= 0.3 is 0 Å². The fraction of sp³-hybridized carbons (Fsp3) is 0.276. The first-order chi connectivity index (χ1) is 17.7. The van der Waals surface area contributed by atoms with Gasteiger partial charge in [-0.3, -0.25) is 4.79 Å². The largest absolute Gasteiger partial charge is 0.490 e. The first-order valence-electron chi connectivity index (χ1n) is 12.2. The van der Waals surface area contributed by atoms with Crippen LogP contribution in [0, 0.1) is 11.3 Å². The molecule has 0 saturated carbocycles. The lowest BCUT2D eigenvalue weighted by atomic mass is 9.99. The minimum absolute atomic E-state index is 0.0842. The van der Waals surface area contributed by atoms with Crippen LogP contribution in [0.25, 0.3) is 16.9 Å². The van der Waals surface area contributed by atoms with Crippen molar-refractivity contribution in [2.24, 2.45) is 0 Å². The van der Waals surface area contributed by atoms with Crippen LogP contribution in [0.5, 0.6) is 5.75 Å². The maximum Gasteiger partial charge on any atom is 0.251 e. The summed E-state index contributed by atoms with van der Waals surface area (Å²) in [6.45, 7) is 5.45. The smallest absolute Gasteiger partial charge is 0.251 e. The van der Waals surface area contributed by atoms with Gasteiger partial charge in [-0.05, 0) is 69.5 Å². The number of fused-ring (bicyclic) bond motifs is 1. The number of amides is 1. The van der Waals surface area contributed by atoms with Crippen molar-refractivity contribution in [3.63, 3.8) is 0 Å². The highest BCUT2D eigenvalue weighted by Crippen LogP contribution is 2.24. The Morgan fingerprint density at radius 2 is 1.95 bits per heavy atom. The van der Waals surface area contributed by atoms with Crippen molar-refractivity contribution in [2.75, 3.05) is 0 Å². The molecule has 0 bridgehead atoms. The first kappa shape index (κ1) is 26.2. The number of nitrogens with one attached hydrogen (secondary N) is 1. The van der Waals surface area contributed by atoms with Gasteiger partial charge in [-0.1, -0.05) is 35.9 Å². The number of hydrogen-bond donors (Lipinski definition) is 2. The van der Waals surface area contributed by atoms with Crippen molar-refractivity contribution in [1.82, 2.24) is 14.7 Å². The van der Waals surface area contributed by atoms with E-state index < -0.39 is 6.10 Å². The number of aliphatic hydroxyl groups is 1. The van der Waals surface area contributed by atoms with E-state index in [-0.39, 0.29) is 18.1 Å². The predicted molar refractivity (Wildman–Crippen MR) is 144 cm³/mol. The second-order valence-corrected chi connectivity index (χ2v) is 9.77. The number of rotatable bonds is 9. The third kappa shape index (κ3) is 6.48. The number of nitrogens with zero attached hydrogens (tertiary/aromatic N) is 3. The molecule has 7 nitrogen and oxygen atoms in total. The van der Waals surface area contributed by atoms with Crippen molar-refractivity contribution >= 4 is 23.2 Å². The van der Waals surface area contributed by atoms with Gasteiger partial charge in [-0.2, -0.15) is 5.26 Å². The zero-order chi connectivity index (χ0) is 26.5. The second-order valence-electron chi connectivity index (χ2n) is 9.36. The lowest BCUT2D eigenvalue weighted by molar-refractivity contribution is 0.0917. The summed E-state index contributed by atoms with van der Waals surface area (Å²) in [4.78, 5) is 17.6. The van der Waals surface area contributed by atoms with Crippen LogP contribution < -0.4 is 10.1 Å². The number of ether oxygens (including phenoxy) is 1. The van der Waals surface area contributed by atoms with Crippen molar-refractivity contribution in [3.05, 3.63) is 88.7 Å². The SMILES string of the molecule is CC(O)CC(Cc1ccc(-c2cn3cccc(Cl)c3n2)cc1)NC(=O)c1ccc(OC(C)C)c(C#N)c1. The number of aromatic nitrogens is 2. The Bertz CT molecular complexity index is 1440. The van der Waals surface area contributed by atoms with Gasteiger partial charge in [0.1, 0.15) is 11.8 Å². The third-order valence-corrected chi connectivity index (χ3v) is 6.15. The zero-order valence-electron chi connectivity index (χ0n) is 21.0. The molecule has 37 heavy (non-hydrogen) atoms. The maximum atomic E-state index is 13.0. The van der Waals surface area contributed by atoms with Crippen LogP contribution in [-0.2, 0) is 6.42 Å². The number of nitriles is 1. The number of carbonyl (C=O) groups is 1. The number of halogens is 1. The number of carbonyl (C=O) groups excluding carboxylic acids is 1. The Morgan fingerprint density at radius 3 is 2.59 bits per heavy atom. The van der Waals surface area contributed by atoms with Crippen LogP contribution in [0.15, 0.2) is 67.0 Å². The molecule has 0 fully saturated rings. The minimum atomic E-state index is -0.594. The summed E-state index contributed by atoms with van der Waals surface area (Å²) in [7, 11) is 0. The highest BCUT2D eigenvalue weighted by molar-refractivity contribution is 6.33. The van der Waals surface area contributed by atoms with E-state index in [9.17, 15) is 15.2 Å². The van der Waals surface area contributed by atoms with E-state index in [4.69, 9.17) is 16.3 Å². The summed E-state index contributed by atoms with van der Waals surface area (Å²) in [5.74, 6) is 0.138. The summed E-state index contributed by atoms with van der Waals surface area (Å²) < 4.78 is 7.54. The van der Waals surface area contributed by atoms with E-state index in [1.165, 1.54) is 6.07 Å². The quantitative estimate of drug-likeness (QED) is 0.309. The normalized spacial score (nSPS) is 12.8. The lowest BCUT2D eigenvalue weighted by Crippen LogP contribution is -2.38. The van der Waals surface area contributed by atoms with Crippen LogP contribution >= 0.6 is 11.6 Å². The molecule has 2 aromatic carbocycles. The summed E-state index contributed by atoms with van der Waals surface area (Å²) in [5.41, 5.74) is 4.14. The Kier molecular flexibility index (Phi) is 8.12. The molecule has 8 heteroatoms. The van der Waals surface area contributed by atoms with Crippen LogP contribution in [0.1, 0.15) is 48.7 Å². The van der Waals surface area contributed by atoms with E-state index in [0.29, 0.717) is 40.4 Å². The first-order valence-corrected chi connectivity index (χ1v) is 12.5. The lowest BCUT2D eigenvalue weighted by Gasteiger charge is -2.21. The summed E-state index contributed by atoms with van der Waals surface area (Å²) in [5, 5.41) is 23.1. The molecule has 0 saturated heterocycles. The van der Waals surface area contributed by atoms with Crippen LogP contribution in [0.4, 0.5) is 0 Å². The van der Waals surface area contributed by atoms with Crippen molar-refractivity contribution in [1.29, 1.82) is 5.26 Å². The molecule has 0 aliphatic rings. The molecule has 2 aromatic heterocycles. The van der Waals surface area contributed by atoms with Gasteiger partial charge in [-0.25, -0.2) is 4.98 Å². The summed E-state index contributed by atoms with van der Waals surface area (Å²) in [6, 6.07) is 18.2. The molecule has 2 N–H and O–H groups in total. The van der Waals surface area contributed by atoms with Gasteiger partial charge < -0.3 is 19.6 Å². The monoisotopic (exact) mass is 516 g/mol. The number of aliphatic hydroxyl groups excluding tert-OH is 1. The molecule has 2 atom stereocenters. The average molecular weight is 517 g/mol. The molecule has 190 valence electrons. The Balaban J connectivity index is 1.48. The Labute approximate surface area is 221 Å². The molecule has 2 heterocycles. The maximum absolute atomic E-state index is 13.0. The number of hydrogen-bond acceptors (Lipinski definition) is 5. The third-order valence-electron chi connectivity index (χ3n) is 5.85. The van der Waals surface area contributed by atoms with Gasteiger partial charge in [0.15, 0.2) is 5.65 Å².